The predicted octanol–water partition coefficient (Wildman–Crippen LogP) is 7.64. The maximum Gasteiger partial charge on any atom is 0.260 e. The number of hydrogen-bond acceptors (Lipinski definition) is 5. The zero-order valence-corrected chi connectivity index (χ0v) is 27.9. The van der Waals surface area contributed by atoms with Gasteiger partial charge in [-0.25, -0.2) is 4.39 Å². The Hall–Kier alpha value is -2.91. The number of halogens is 4. The molecule has 45 heavy (non-hydrogen) atoms. The van der Waals surface area contributed by atoms with E-state index in [1.165, 1.54) is 17.7 Å². The minimum Gasteiger partial charge on any atom is -0.360 e. The molecule has 4 aliphatic rings. The van der Waals surface area contributed by atoms with Crippen LogP contribution in [0.4, 0.5) is 4.39 Å². The van der Waals surface area contributed by atoms with Crippen LogP contribution in [0.1, 0.15) is 53.2 Å². The number of benzene rings is 2. The Morgan fingerprint density at radius 1 is 1.09 bits per heavy atom. The lowest BCUT2D eigenvalue weighted by Gasteiger charge is -2.57. The van der Waals surface area contributed by atoms with Crippen molar-refractivity contribution in [2.75, 3.05) is 45.8 Å². The number of aryl methyl sites for hydroxylation is 1. The Morgan fingerprint density at radius 3 is 2.51 bits per heavy atom. The topological polar surface area (TPSA) is 69.9 Å². The number of amides is 2. The van der Waals surface area contributed by atoms with Crippen molar-refractivity contribution < 1.29 is 18.5 Å². The highest BCUT2D eigenvalue weighted by atomic mass is 35.5. The number of fused-ring (bicyclic) bond motifs is 1. The number of carbonyl (C=O) groups is 2. The fraction of sp³-hybridized carbons (Fsp3) is 0.441. The molecule has 2 amide bonds. The number of piperazine rings is 1. The molecule has 2 fully saturated rings. The van der Waals surface area contributed by atoms with Crippen LogP contribution in [0.25, 0.3) is 11.3 Å². The van der Waals surface area contributed by atoms with E-state index in [1.807, 2.05) is 4.90 Å². The van der Waals surface area contributed by atoms with E-state index in [2.05, 4.69) is 30.0 Å². The van der Waals surface area contributed by atoms with Gasteiger partial charge in [-0.1, -0.05) is 71.5 Å². The van der Waals surface area contributed by atoms with Gasteiger partial charge in [0.1, 0.15) is 22.8 Å². The van der Waals surface area contributed by atoms with Crippen LogP contribution in [0.5, 0.6) is 0 Å². The molecule has 2 unspecified atom stereocenters. The number of carbonyl (C=O) groups excluding carboxylic acids is 2. The summed E-state index contributed by atoms with van der Waals surface area (Å²) in [5.74, 6) is 0.447. The summed E-state index contributed by atoms with van der Waals surface area (Å²) in [6.07, 6.45) is 4.44. The van der Waals surface area contributed by atoms with E-state index in [9.17, 15) is 14.0 Å². The van der Waals surface area contributed by atoms with Gasteiger partial charge in [0.2, 0.25) is 0 Å². The van der Waals surface area contributed by atoms with Gasteiger partial charge >= 0.3 is 0 Å². The van der Waals surface area contributed by atoms with E-state index in [1.54, 1.807) is 36.1 Å². The largest absolute Gasteiger partial charge is 0.360 e. The third kappa shape index (κ3) is 6.14. The van der Waals surface area contributed by atoms with Crippen molar-refractivity contribution in [1.29, 1.82) is 0 Å². The standard InChI is InChI=1S/C34H36Cl3FN4O3/c1-20-29(31(39-45-20)30-26(36)5-4-6-28(30)38)33(44)42(19-21-7-8-22-17-25(21)34(22,2)3)16-13-40-11-14-41(15-12-40)32(43)24-10-9-23(35)18-27(24)37/h4-7,9-10,18,22,25H,8,11-17,19H2,1-3H3. The first-order chi connectivity index (χ1) is 21.5. The van der Waals surface area contributed by atoms with Crippen molar-refractivity contribution in [3.63, 3.8) is 0 Å². The number of allylic oxidation sites excluding steroid dienone is 1. The summed E-state index contributed by atoms with van der Waals surface area (Å²) >= 11 is 18.7. The zero-order chi connectivity index (χ0) is 32.0. The van der Waals surface area contributed by atoms with Crippen molar-refractivity contribution in [2.24, 2.45) is 17.3 Å². The molecule has 1 aromatic heterocycles. The first-order valence-electron chi connectivity index (χ1n) is 15.3. The Kier molecular flexibility index (Phi) is 9.05. The van der Waals surface area contributed by atoms with Gasteiger partial charge in [0, 0.05) is 50.8 Å². The average Bonchev–Trinajstić information content (AvgIpc) is 3.39. The van der Waals surface area contributed by atoms with Crippen LogP contribution < -0.4 is 0 Å². The monoisotopic (exact) mass is 672 g/mol. The van der Waals surface area contributed by atoms with Gasteiger partial charge in [-0.3, -0.25) is 14.5 Å². The molecule has 0 N–H and O–H groups in total. The normalized spacial score (nSPS) is 20.9. The molecule has 3 aliphatic carbocycles. The van der Waals surface area contributed by atoms with Gasteiger partial charge in [0.25, 0.3) is 11.8 Å². The van der Waals surface area contributed by atoms with Crippen molar-refractivity contribution in [3.05, 3.63) is 85.8 Å². The molecule has 2 atom stereocenters. The van der Waals surface area contributed by atoms with Gasteiger partial charge in [0.05, 0.1) is 21.2 Å². The average molecular weight is 674 g/mol. The molecule has 2 heterocycles. The highest BCUT2D eigenvalue weighted by Crippen LogP contribution is 2.59. The zero-order valence-electron chi connectivity index (χ0n) is 25.6. The second-order valence-corrected chi connectivity index (χ2v) is 14.1. The number of hydrogen-bond donors (Lipinski definition) is 0. The molecule has 7 rings (SSSR count). The molecule has 238 valence electrons. The van der Waals surface area contributed by atoms with Gasteiger partial charge in [0.15, 0.2) is 0 Å². The first kappa shape index (κ1) is 32.0. The summed E-state index contributed by atoms with van der Waals surface area (Å²) in [6.45, 7) is 10.2. The SMILES string of the molecule is Cc1onc(-c2c(F)cccc2Cl)c1C(=O)N(CCN1CCN(C(=O)c2ccc(Cl)cc2Cl)CC1)CC1=CCC2CC1C2(C)C. The summed E-state index contributed by atoms with van der Waals surface area (Å²) in [5.41, 5.74) is 2.29. The minimum atomic E-state index is -0.569. The molecule has 11 heteroatoms. The van der Waals surface area contributed by atoms with Gasteiger partial charge < -0.3 is 14.3 Å². The summed E-state index contributed by atoms with van der Waals surface area (Å²) in [6, 6.07) is 9.28. The number of aromatic nitrogens is 1. The molecule has 2 aromatic carbocycles. The van der Waals surface area contributed by atoms with Crippen molar-refractivity contribution in [1.82, 2.24) is 19.9 Å². The summed E-state index contributed by atoms with van der Waals surface area (Å²) < 4.78 is 20.4. The molecular formula is C34H36Cl3FN4O3. The maximum atomic E-state index is 15.0. The molecule has 0 spiro atoms. The highest BCUT2D eigenvalue weighted by molar-refractivity contribution is 6.36. The fourth-order valence-electron chi connectivity index (χ4n) is 7.08. The van der Waals surface area contributed by atoms with Crippen LogP contribution in [0.2, 0.25) is 15.1 Å². The summed E-state index contributed by atoms with van der Waals surface area (Å²) in [7, 11) is 0. The summed E-state index contributed by atoms with van der Waals surface area (Å²) in [5, 5.41) is 5.07. The Morgan fingerprint density at radius 2 is 1.84 bits per heavy atom. The minimum absolute atomic E-state index is 0.0562. The first-order valence-corrected chi connectivity index (χ1v) is 16.4. The third-order valence-corrected chi connectivity index (χ3v) is 10.9. The van der Waals surface area contributed by atoms with Crippen LogP contribution in [-0.4, -0.2) is 77.5 Å². The van der Waals surface area contributed by atoms with E-state index >= 15 is 0 Å². The van der Waals surface area contributed by atoms with Gasteiger partial charge in [-0.2, -0.15) is 0 Å². The lowest BCUT2D eigenvalue weighted by Crippen LogP contribution is -2.52. The van der Waals surface area contributed by atoms with E-state index in [4.69, 9.17) is 39.3 Å². The molecule has 1 saturated carbocycles. The second-order valence-electron chi connectivity index (χ2n) is 12.9. The Balaban J connectivity index is 1.20. The van der Waals surface area contributed by atoms with E-state index < -0.39 is 5.82 Å². The quantitative estimate of drug-likeness (QED) is 0.230. The van der Waals surface area contributed by atoms with E-state index in [0.29, 0.717) is 79.0 Å². The lowest BCUT2D eigenvalue weighted by molar-refractivity contribution is -0.0105. The molecule has 1 aliphatic heterocycles. The van der Waals surface area contributed by atoms with Crippen LogP contribution in [0.15, 0.2) is 52.6 Å². The predicted molar refractivity (Wildman–Crippen MR) is 174 cm³/mol. The maximum absolute atomic E-state index is 15.0. The smallest absolute Gasteiger partial charge is 0.260 e. The van der Waals surface area contributed by atoms with E-state index in [0.717, 1.165) is 12.8 Å². The van der Waals surface area contributed by atoms with Crippen molar-refractivity contribution in [2.45, 2.75) is 33.6 Å². The molecule has 2 bridgehead atoms. The van der Waals surface area contributed by atoms with Gasteiger partial charge in [-0.15, -0.1) is 0 Å². The van der Waals surface area contributed by atoms with Crippen LogP contribution >= 0.6 is 34.8 Å². The Labute approximate surface area is 277 Å². The fourth-order valence-corrected chi connectivity index (χ4v) is 7.82. The van der Waals surface area contributed by atoms with Crippen molar-refractivity contribution in [3.8, 4) is 11.3 Å². The highest BCUT2D eigenvalue weighted by Gasteiger charge is 2.51. The van der Waals surface area contributed by atoms with E-state index in [-0.39, 0.29) is 39.1 Å². The summed E-state index contributed by atoms with van der Waals surface area (Å²) in [4.78, 5) is 33.4. The molecule has 3 aromatic rings. The van der Waals surface area contributed by atoms with Crippen molar-refractivity contribution >= 4 is 46.6 Å². The van der Waals surface area contributed by atoms with Gasteiger partial charge in [-0.05, 0) is 67.3 Å². The number of rotatable bonds is 8. The lowest BCUT2D eigenvalue weighted by atomic mass is 9.49. The second kappa shape index (κ2) is 12.7. The molecule has 7 nitrogen and oxygen atoms in total. The Bertz CT molecular complexity index is 1640. The third-order valence-electron chi connectivity index (χ3n) is 10.0. The molecule has 0 radical (unpaired) electrons. The van der Waals surface area contributed by atoms with Crippen LogP contribution in [-0.2, 0) is 0 Å². The molecule has 1 saturated heterocycles. The molecular weight excluding hydrogens is 638 g/mol. The number of nitrogens with zero attached hydrogens (tertiary/aromatic N) is 4. The van der Waals surface area contributed by atoms with Crippen LogP contribution in [0.3, 0.4) is 0 Å². The van der Waals surface area contributed by atoms with Crippen LogP contribution in [0, 0.1) is 30.0 Å².